The van der Waals surface area contributed by atoms with Gasteiger partial charge in [0, 0.05) is 6.54 Å². The Labute approximate surface area is 78.1 Å². The van der Waals surface area contributed by atoms with Crippen LogP contribution in [0, 0.1) is 11.3 Å². The van der Waals surface area contributed by atoms with Crippen LogP contribution in [0.4, 0.5) is 0 Å². The molecule has 0 fully saturated rings. The van der Waals surface area contributed by atoms with Crippen LogP contribution < -0.4 is 0 Å². The molecule has 0 amide bonds. The minimum absolute atomic E-state index is 0.113. The lowest BCUT2D eigenvalue weighted by molar-refractivity contribution is -0.138. The number of rotatable bonds is 6. The second-order valence-electron chi connectivity index (χ2n) is 2.67. The maximum atomic E-state index is 10.4. The van der Waals surface area contributed by atoms with Gasteiger partial charge in [-0.3, -0.25) is 9.69 Å². The molecule has 72 valence electrons. The highest BCUT2D eigenvalue weighted by Crippen LogP contribution is 2.02. The summed E-state index contributed by atoms with van der Waals surface area (Å²) >= 11 is 0. The normalized spacial score (nSPS) is 12.1. The number of carbonyl (C=O) groups is 1. The van der Waals surface area contributed by atoms with E-state index in [2.05, 4.69) is 12.6 Å². The Morgan fingerprint density at radius 1 is 1.85 bits per heavy atom. The SMILES string of the molecule is C=CCN(CC(=O)O)C(C#N)CC. The maximum absolute atomic E-state index is 10.4. The molecule has 0 radical (unpaired) electrons. The molecule has 1 unspecified atom stereocenters. The molecule has 4 nitrogen and oxygen atoms in total. The molecule has 1 atom stereocenters. The van der Waals surface area contributed by atoms with Crippen LogP contribution in [0.15, 0.2) is 12.7 Å². The summed E-state index contributed by atoms with van der Waals surface area (Å²) in [5.74, 6) is -0.921. The van der Waals surface area contributed by atoms with E-state index in [4.69, 9.17) is 10.4 Å². The van der Waals surface area contributed by atoms with E-state index in [0.29, 0.717) is 13.0 Å². The number of hydrogen-bond donors (Lipinski definition) is 1. The second kappa shape index (κ2) is 6.21. The first kappa shape index (κ1) is 11.7. The van der Waals surface area contributed by atoms with E-state index in [-0.39, 0.29) is 12.6 Å². The van der Waals surface area contributed by atoms with Crippen molar-refractivity contribution in [3.8, 4) is 6.07 Å². The zero-order valence-corrected chi connectivity index (χ0v) is 7.73. The molecule has 0 aromatic carbocycles. The van der Waals surface area contributed by atoms with Gasteiger partial charge in [-0.2, -0.15) is 5.26 Å². The van der Waals surface area contributed by atoms with Gasteiger partial charge in [0.15, 0.2) is 0 Å². The molecule has 13 heavy (non-hydrogen) atoms. The largest absolute Gasteiger partial charge is 0.480 e. The monoisotopic (exact) mass is 182 g/mol. The summed E-state index contributed by atoms with van der Waals surface area (Å²) in [5.41, 5.74) is 0. The van der Waals surface area contributed by atoms with Gasteiger partial charge in [-0.05, 0) is 6.42 Å². The average molecular weight is 182 g/mol. The lowest BCUT2D eigenvalue weighted by Gasteiger charge is -2.22. The lowest BCUT2D eigenvalue weighted by Crippen LogP contribution is -2.38. The number of aliphatic carboxylic acids is 1. The van der Waals surface area contributed by atoms with Gasteiger partial charge >= 0.3 is 5.97 Å². The molecular formula is C9H14N2O2. The van der Waals surface area contributed by atoms with E-state index in [9.17, 15) is 4.79 Å². The Morgan fingerprint density at radius 2 is 2.46 bits per heavy atom. The topological polar surface area (TPSA) is 64.3 Å². The fourth-order valence-electron chi connectivity index (χ4n) is 1.07. The Kier molecular flexibility index (Phi) is 5.57. The minimum atomic E-state index is -0.921. The van der Waals surface area contributed by atoms with Gasteiger partial charge < -0.3 is 5.11 Å². The highest BCUT2D eigenvalue weighted by atomic mass is 16.4. The highest BCUT2D eigenvalue weighted by Gasteiger charge is 2.16. The van der Waals surface area contributed by atoms with Crippen LogP contribution in [-0.2, 0) is 4.79 Å². The van der Waals surface area contributed by atoms with Crippen LogP contribution in [0.2, 0.25) is 0 Å². The number of hydrogen-bond acceptors (Lipinski definition) is 3. The standard InChI is InChI=1S/C9H14N2O2/c1-3-5-11(7-9(12)13)8(4-2)6-10/h3,8H,1,4-5,7H2,2H3,(H,12,13). The molecule has 4 heteroatoms. The Bertz CT molecular complexity index is 220. The van der Waals surface area contributed by atoms with E-state index in [1.165, 1.54) is 0 Å². The zero-order valence-electron chi connectivity index (χ0n) is 7.73. The predicted octanol–water partition coefficient (Wildman–Crippen LogP) is 0.861. The van der Waals surface area contributed by atoms with Crippen LogP contribution in [0.5, 0.6) is 0 Å². The van der Waals surface area contributed by atoms with Crippen LogP contribution in [0.1, 0.15) is 13.3 Å². The van der Waals surface area contributed by atoms with Gasteiger partial charge in [0.1, 0.15) is 0 Å². The van der Waals surface area contributed by atoms with Crippen molar-refractivity contribution in [2.24, 2.45) is 0 Å². The van der Waals surface area contributed by atoms with Crippen molar-refractivity contribution in [2.75, 3.05) is 13.1 Å². The predicted molar refractivity (Wildman–Crippen MR) is 49.1 cm³/mol. The fraction of sp³-hybridized carbons (Fsp3) is 0.556. The smallest absolute Gasteiger partial charge is 0.317 e. The van der Waals surface area contributed by atoms with Crippen molar-refractivity contribution in [3.63, 3.8) is 0 Å². The molecule has 0 heterocycles. The molecule has 0 aliphatic rings. The first-order chi connectivity index (χ1) is 6.15. The van der Waals surface area contributed by atoms with Gasteiger partial charge in [-0.25, -0.2) is 0 Å². The van der Waals surface area contributed by atoms with Crippen molar-refractivity contribution in [1.29, 1.82) is 5.26 Å². The summed E-state index contributed by atoms with van der Waals surface area (Å²) in [6.45, 7) is 5.68. The van der Waals surface area contributed by atoms with Crippen LogP contribution in [-0.4, -0.2) is 35.1 Å². The van der Waals surface area contributed by atoms with Crippen molar-refractivity contribution < 1.29 is 9.90 Å². The zero-order chi connectivity index (χ0) is 10.3. The molecule has 0 saturated heterocycles. The molecule has 1 N–H and O–H groups in total. The van der Waals surface area contributed by atoms with Gasteiger partial charge in [0.25, 0.3) is 0 Å². The van der Waals surface area contributed by atoms with Gasteiger partial charge in [0.2, 0.25) is 0 Å². The van der Waals surface area contributed by atoms with E-state index >= 15 is 0 Å². The van der Waals surface area contributed by atoms with Crippen LogP contribution in [0.25, 0.3) is 0 Å². The summed E-state index contributed by atoms with van der Waals surface area (Å²) in [4.78, 5) is 12.0. The molecule has 0 bridgehead atoms. The molecule has 0 saturated carbocycles. The molecule has 0 spiro atoms. The van der Waals surface area contributed by atoms with Gasteiger partial charge in [-0.15, -0.1) is 6.58 Å². The quantitative estimate of drug-likeness (QED) is 0.619. The maximum Gasteiger partial charge on any atom is 0.317 e. The van der Waals surface area contributed by atoms with Crippen LogP contribution in [0.3, 0.4) is 0 Å². The van der Waals surface area contributed by atoms with Gasteiger partial charge in [0.05, 0.1) is 18.7 Å². The van der Waals surface area contributed by atoms with E-state index < -0.39 is 5.97 Å². The van der Waals surface area contributed by atoms with E-state index in [1.807, 2.05) is 6.92 Å². The first-order valence-electron chi connectivity index (χ1n) is 4.12. The van der Waals surface area contributed by atoms with Crippen molar-refractivity contribution in [3.05, 3.63) is 12.7 Å². The van der Waals surface area contributed by atoms with E-state index in [0.717, 1.165) is 0 Å². The Hall–Kier alpha value is -1.34. The summed E-state index contributed by atoms with van der Waals surface area (Å²) in [5, 5.41) is 17.3. The second-order valence-corrected chi connectivity index (χ2v) is 2.67. The molecule has 0 aliphatic carbocycles. The Morgan fingerprint density at radius 3 is 2.77 bits per heavy atom. The third-order valence-corrected chi connectivity index (χ3v) is 1.68. The molecule has 0 aromatic heterocycles. The van der Waals surface area contributed by atoms with Crippen molar-refractivity contribution in [2.45, 2.75) is 19.4 Å². The first-order valence-corrected chi connectivity index (χ1v) is 4.12. The van der Waals surface area contributed by atoms with Crippen molar-refractivity contribution in [1.82, 2.24) is 4.90 Å². The molecule has 0 rings (SSSR count). The number of nitrogens with zero attached hydrogens (tertiary/aromatic N) is 2. The fourth-order valence-corrected chi connectivity index (χ4v) is 1.07. The molecular weight excluding hydrogens is 168 g/mol. The number of nitriles is 1. The Balaban J connectivity index is 4.30. The molecule has 0 aromatic rings. The number of carboxylic acid groups (broad SMARTS) is 1. The summed E-state index contributed by atoms with van der Waals surface area (Å²) in [6.07, 6.45) is 2.22. The van der Waals surface area contributed by atoms with Crippen LogP contribution >= 0.6 is 0 Å². The highest BCUT2D eigenvalue weighted by molar-refractivity contribution is 5.69. The van der Waals surface area contributed by atoms with E-state index in [1.54, 1.807) is 11.0 Å². The third-order valence-electron chi connectivity index (χ3n) is 1.68. The van der Waals surface area contributed by atoms with Crippen molar-refractivity contribution >= 4 is 5.97 Å². The average Bonchev–Trinajstić information content (AvgIpc) is 2.05. The number of carboxylic acids is 1. The van der Waals surface area contributed by atoms with Gasteiger partial charge in [-0.1, -0.05) is 13.0 Å². The third kappa shape index (κ3) is 4.28. The lowest BCUT2D eigenvalue weighted by atomic mass is 10.2. The minimum Gasteiger partial charge on any atom is -0.480 e. The molecule has 0 aliphatic heterocycles. The summed E-state index contributed by atoms with van der Waals surface area (Å²) in [7, 11) is 0. The summed E-state index contributed by atoms with van der Waals surface area (Å²) < 4.78 is 0. The summed E-state index contributed by atoms with van der Waals surface area (Å²) in [6, 6.07) is 1.72.